The molecule has 0 fully saturated rings. The van der Waals surface area contributed by atoms with Gasteiger partial charge < -0.3 is 4.74 Å². The summed E-state index contributed by atoms with van der Waals surface area (Å²) in [6.45, 7) is 4.39. The summed E-state index contributed by atoms with van der Waals surface area (Å²) < 4.78 is 5.32. The standard InChI is InChI=1S/C11H24OS/c1-4-7-11(13)9-6-8-10(5-2)12-3/h10-11,13H,4-9H2,1-3H3. The topological polar surface area (TPSA) is 9.23 Å². The predicted molar refractivity (Wildman–Crippen MR) is 62.6 cm³/mol. The van der Waals surface area contributed by atoms with Crippen LogP contribution < -0.4 is 0 Å². The highest BCUT2D eigenvalue weighted by Gasteiger charge is 2.06. The molecule has 13 heavy (non-hydrogen) atoms. The summed E-state index contributed by atoms with van der Waals surface area (Å²) in [5.41, 5.74) is 0. The fraction of sp³-hybridized carbons (Fsp3) is 1.00. The summed E-state index contributed by atoms with van der Waals surface area (Å²) in [5, 5.41) is 0.597. The monoisotopic (exact) mass is 204 g/mol. The first-order chi connectivity index (χ1) is 6.24. The average Bonchev–Trinajstić information content (AvgIpc) is 2.13. The molecule has 0 saturated carbocycles. The molecule has 0 rings (SSSR count). The van der Waals surface area contributed by atoms with Crippen molar-refractivity contribution in [3.05, 3.63) is 0 Å². The van der Waals surface area contributed by atoms with Crippen molar-refractivity contribution in [3.8, 4) is 0 Å². The third-order valence-electron chi connectivity index (χ3n) is 2.47. The van der Waals surface area contributed by atoms with Crippen LogP contribution in [0.3, 0.4) is 0 Å². The average molecular weight is 204 g/mol. The van der Waals surface area contributed by atoms with Gasteiger partial charge in [0, 0.05) is 12.4 Å². The maximum Gasteiger partial charge on any atom is 0.0568 e. The van der Waals surface area contributed by atoms with E-state index in [1.807, 2.05) is 0 Å². The van der Waals surface area contributed by atoms with Gasteiger partial charge in [-0.25, -0.2) is 0 Å². The zero-order chi connectivity index (χ0) is 10.1. The molecule has 0 amide bonds. The van der Waals surface area contributed by atoms with E-state index < -0.39 is 0 Å². The van der Waals surface area contributed by atoms with Gasteiger partial charge in [0.2, 0.25) is 0 Å². The molecule has 0 aromatic heterocycles. The number of ether oxygens (including phenoxy) is 1. The fourth-order valence-corrected chi connectivity index (χ4v) is 1.99. The van der Waals surface area contributed by atoms with Crippen LogP contribution in [0, 0.1) is 0 Å². The lowest BCUT2D eigenvalue weighted by Gasteiger charge is -2.14. The van der Waals surface area contributed by atoms with E-state index in [0.717, 1.165) is 6.42 Å². The molecule has 2 atom stereocenters. The van der Waals surface area contributed by atoms with Gasteiger partial charge in [0.25, 0.3) is 0 Å². The summed E-state index contributed by atoms with van der Waals surface area (Å²) in [6.07, 6.45) is 7.75. The predicted octanol–water partition coefficient (Wildman–Crippen LogP) is 3.68. The van der Waals surface area contributed by atoms with E-state index >= 15 is 0 Å². The van der Waals surface area contributed by atoms with Crippen molar-refractivity contribution < 1.29 is 4.74 Å². The molecule has 0 aliphatic carbocycles. The van der Waals surface area contributed by atoms with Crippen LogP contribution in [0.25, 0.3) is 0 Å². The van der Waals surface area contributed by atoms with Crippen LogP contribution in [0.15, 0.2) is 0 Å². The first kappa shape index (κ1) is 13.3. The Bertz CT molecular complexity index is 102. The van der Waals surface area contributed by atoms with Crippen LogP contribution in [0.1, 0.15) is 52.4 Å². The lowest BCUT2D eigenvalue weighted by molar-refractivity contribution is 0.0898. The molecule has 80 valence electrons. The largest absolute Gasteiger partial charge is 0.381 e. The van der Waals surface area contributed by atoms with Crippen molar-refractivity contribution in [1.82, 2.24) is 0 Å². The summed E-state index contributed by atoms with van der Waals surface area (Å²) in [7, 11) is 1.80. The highest BCUT2D eigenvalue weighted by Crippen LogP contribution is 2.15. The minimum atomic E-state index is 0.460. The van der Waals surface area contributed by atoms with Crippen molar-refractivity contribution in [1.29, 1.82) is 0 Å². The van der Waals surface area contributed by atoms with E-state index in [-0.39, 0.29) is 0 Å². The molecule has 0 bridgehead atoms. The normalized spacial score (nSPS) is 15.7. The molecule has 0 aromatic carbocycles. The first-order valence-electron chi connectivity index (χ1n) is 5.45. The summed E-state index contributed by atoms with van der Waals surface area (Å²) in [5.74, 6) is 0. The highest BCUT2D eigenvalue weighted by molar-refractivity contribution is 7.80. The smallest absolute Gasteiger partial charge is 0.0568 e. The van der Waals surface area contributed by atoms with Crippen LogP contribution >= 0.6 is 12.6 Å². The third-order valence-corrected chi connectivity index (χ3v) is 2.99. The van der Waals surface area contributed by atoms with Gasteiger partial charge in [-0.05, 0) is 32.1 Å². The van der Waals surface area contributed by atoms with Crippen molar-refractivity contribution >= 4 is 12.6 Å². The Balaban J connectivity index is 3.32. The molecule has 2 unspecified atom stereocenters. The molecule has 0 aromatic rings. The van der Waals surface area contributed by atoms with E-state index in [1.165, 1.54) is 32.1 Å². The van der Waals surface area contributed by atoms with Gasteiger partial charge in [0.15, 0.2) is 0 Å². The van der Waals surface area contributed by atoms with Crippen LogP contribution in [0.5, 0.6) is 0 Å². The second-order valence-corrected chi connectivity index (χ2v) is 4.37. The van der Waals surface area contributed by atoms with Crippen LogP contribution in [0.4, 0.5) is 0 Å². The summed E-state index contributed by atoms with van der Waals surface area (Å²) >= 11 is 4.53. The number of thiol groups is 1. The minimum absolute atomic E-state index is 0.460. The Kier molecular flexibility index (Phi) is 9.10. The molecule has 2 heteroatoms. The maximum atomic E-state index is 5.32. The van der Waals surface area contributed by atoms with E-state index in [4.69, 9.17) is 4.74 Å². The molecule has 0 spiro atoms. The fourth-order valence-electron chi connectivity index (χ4n) is 1.55. The molecule has 0 heterocycles. The van der Waals surface area contributed by atoms with Gasteiger partial charge >= 0.3 is 0 Å². The van der Waals surface area contributed by atoms with Crippen LogP contribution in [-0.2, 0) is 4.74 Å². The van der Waals surface area contributed by atoms with Gasteiger partial charge in [0.1, 0.15) is 0 Å². The van der Waals surface area contributed by atoms with Crippen molar-refractivity contribution in [2.24, 2.45) is 0 Å². The number of methoxy groups -OCH3 is 1. The molecule has 0 aliphatic heterocycles. The minimum Gasteiger partial charge on any atom is -0.381 e. The van der Waals surface area contributed by atoms with Crippen molar-refractivity contribution in [2.75, 3.05) is 7.11 Å². The molecular formula is C11H24OS. The molecule has 1 nitrogen and oxygen atoms in total. The van der Waals surface area contributed by atoms with E-state index in [9.17, 15) is 0 Å². The quantitative estimate of drug-likeness (QED) is 0.593. The number of hydrogen-bond acceptors (Lipinski definition) is 2. The van der Waals surface area contributed by atoms with Gasteiger partial charge in [-0.1, -0.05) is 20.3 Å². The molecule has 0 radical (unpaired) electrons. The van der Waals surface area contributed by atoms with Crippen LogP contribution in [-0.4, -0.2) is 18.5 Å². The Morgan fingerprint density at radius 2 is 1.85 bits per heavy atom. The number of rotatable bonds is 8. The first-order valence-corrected chi connectivity index (χ1v) is 5.97. The van der Waals surface area contributed by atoms with E-state index in [0.29, 0.717) is 11.4 Å². The van der Waals surface area contributed by atoms with Gasteiger partial charge in [0.05, 0.1) is 6.10 Å². The van der Waals surface area contributed by atoms with Gasteiger partial charge in [-0.3, -0.25) is 0 Å². The van der Waals surface area contributed by atoms with Crippen molar-refractivity contribution in [3.63, 3.8) is 0 Å². The highest BCUT2D eigenvalue weighted by atomic mass is 32.1. The lowest BCUT2D eigenvalue weighted by atomic mass is 10.1. The van der Waals surface area contributed by atoms with E-state index in [2.05, 4.69) is 26.5 Å². The Morgan fingerprint density at radius 1 is 1.15 bits per heavy atom. The zero-order valence-electron chi connectivity index (χ0n) is 9.25. The molecule has 0 aliphatic rings. The number of hydrogen-bond donors (Lipinski definition) is 1. The lowest BCUT2D eigenvalue weighted by Crippen LogP contribution is -2.09. The Morgan fingerprint density at radius 3 is 2.31 bits per heavy atom. The van der Waals surface area contributed by atoms with E-state index in [1.54, 1.807) is 7.11 Å². The SMILES string of the molecule is CCCC(S)CCCC(CC)OC. The second-order valence-electron chi connectivity index (χ2n) is 3.64. The molecular weight excluding hydrogens is 180 g/mol. The summed E-state index contributed by atoms with van der Waals surface area (Å²) in [6, 6.07) is 0. The Labute approximate surface area is 88.7 Å². The summed E-state index contributed by atoms with van der Waals surface area (Å²) in [4.78, 5) is 0. The maximum absolute atomic E-state index is 5.32. The third kappa shape index (κ3) is 7.39. The van der Waals surface area contributed by atoms with Gasteiger partial charge in [-0.15, -0.1) is 0 Å². The van der Waals surface area contributed by atoms with Crippen LogP contribution in [0.2, 0.25) is 0 Å². The van der Waals surface area contributed by atoms with Crippen molar-refractivity contribution in [2.45, 2.75) is 63.7 Å². The zero-order valence-corrected chi connectivity index (χ0v) is 10.1. The van der Waals surface area contributed by atoms with Gasteiger partial charge in [-0.2, -0.15) is 12.6 Å². The Hall–Kier alpha value is 0.310. The second kappa shape index (κ2) is 8.89. The molecule has 0 saturated heterocycles. The molecule has 0 N–H and O–H groups in total.